The molecule has 0 heterocycles. The van der Waals surface area contributed by atoms with Gasteiger partial charge in [-0.05, 0) is 56.7 Å². The molecule has 2 aromatic carbocycles. The maximum Gasteiger partial charge on any atom is 0.261 e. The van der Waals surface area contributed by atoms with Gasteiger partial charge in [-0.1, -0.05) is 18.2 Å². The third-order valence-corrected chi connectivity index (χ3v) is 5.56. The SMILES string of the molecule is Cc1ccccc1OC[C@H](C)NC(=O)[C@H](C)Oc1ccc(N(C)S(C)(=O)=O)cc1. The number of amides is 1. The highest BCUT2D eigenvalue weighted by Crippen LogP contribution is 2.21. The topological polar surface area (TPSA) is 84.9 Å². The van der Waals surface area contributed by atoms with Gasteiger partial charge in [-0.15, -0.1) is 0 Å². The van der Waals surface area contributed by atoms with Gasteiger partial charge < -0.3 is 14.8 Å². The Kier molecular flexibility index (Phi) is 7.50. The molecule has 0 radical (unpaired) electrons. The number of hydrogen-bond acceptors (Lipinski definition) is 5. The molecule has 0 aliphatic rings. The van der Waals surface area contributed by atoms with Gasteiger partial charge in [0.15, 0.2) is 6.10 Å². The molecule has 7 nitrogen and oxygen atoms in total. The normalized spacial score (nSPS) is 13.3. The second-order valence-electron chi connectivity index (χ2n) is 6.97. The lowest BCUT2D eigenvalue weighted by atomic mass is 10.2. The summed E-state index contributed by atoms with van der Waals surface area (Å²) < 4.78 is 35.7. The minimum absolute atomic E-state index is 0.195. The Morgan fingerprint density at radius 3 is 2.31 bits per heavy atom. The summed E-state index contributed by atoms with van der Waals surface area (Å²) in [7, 11) is -1.86. The first kappa shape index (κ1) is 22.5. The smallest absolute Gasteiger partial charge is 0.261 e. The highest BCUT2D eigenvalue weighted by atomic mass is 32.2. The van der Waals surface area contributed by atoms with Gasteiger partial charge >= 0.3 is 0 Å². The van der Waals surface area contributed by atoms with Crippen LogP contribution in [0.2, 0.25) is 0 Å². The van der Waals surface area contributed by atoms with Crippen molar-refractivity contribution in [3.8, 4) is 11.5 Å². The van der Waals surface area contributed by atoms with Gasteiger partial charge in [-0.25, -0.2) is 8.42 Å². The Morgan fingerprint density at radius 1 is 1.10 bits per heavy atom. The van der Waals surface area contributed by atoms with Crippen LogP contribution >= 0.6 is 0 Å². The van der Waals surface area contributed by atoms with E-state index in [0.717, 1.165) is 17.6 Å². The lowest BCUT2D eigenvalue weighted by Crippen LogP contribution is -2.43. The molecule has 0 bridgehead atoms. The largest absolute Gasteiger partial charge is 0.491 e. The highest BCUT2D eigenvalue weighted by molar-refractivity contribution is 7.92. The molecule has 0 aliphatic carbocycles. The summed E-state index contributed by atoms with van der Waals surface area (Å²) in [5.41, 5.74) is 1.55. The first-order valence-electron chi connectivity index (χ1n) is 9.27. The van der Waals surface area contributed by atoms with E-state index in [-0.39, 0.29) is 11.9 Å². The number of para-hydroxylation sites is 1. The van der Waals surface area contributed by atoms with E-state index < -0.39 is 16.1 Å². The third kappa shape index (κ3) is 6.67. The van der Waals surface area contributed by atoms with Crippen LogP contribution in [0.4, 0.5) is 5.69 Å². The third-order valence-electron chi connectivity index (χ3n) is 4.35. The number of ether oxygens (including phenoxy) is 2. The van der Waals surface area contributed by atoms with Crippen molar-refractivity contribution in [3.05, 3.63) is 54.1 Å². The van der Waals surface area contributed by atoms with Gasteiger partial charge in [0.05, 0.1) is 18.0 Å². The number of nitrogens with one attached hydrogen (secondary N) is 1. The molecular weight excluding hydrogens is 392 g/mol. The number of carbonyl (C=O) groups is 1. The molecule has 0 aliphatic heterocycles. The number of anilines is 1. The number of rotatable bonds is 9. The van der Waals surface area contributed by atoms with Crippen LogP contribution in [0.5, 0.6) is 11.5 Å². The predicted molar refractivity (Wildman–Crippen MR) is 114 cm³/mol. The van der Waals surface area contributed by atoms with Gasteiger partial charge in [-0.2, -0.15) is 0 Å². The average Bonchev–Trinajstić information content (AvgIpc) is 2.66. The molecule has 2 rings (SSSR count). The van der Waals surface area contributed by atoms with Crippen LogP contribution in [0, 0.1) is 6.92 Å². The van der Waals surface area contributed by atoms with Crippen LogP contribution in [-0.4, -0.2) is 46.4 Å². The predicted octanol–water partition coefficient (Wildman–Crippen LogP) is 2.74. The summed E-state index contributed by atoms with van der Waals surface area (Å²) in [6.07, 6.45) is 0.419. The van der Waals surface area contributed by atoms with Gasteiger partial charge in [0, 0.05) is 7.05 Å². The van der Waals surface area contributed by atoms with Gasteiger partial charge in [0.1, 0.15) is 18.1 Å². The molecule has 0 unspecified atom stereocenters. The van der Waals surface area contributed by atoms with Crippen molar-refractivity contribution in [2.75, 3.05) is 24.2 Å². The van der Waals surface area contributed by atoms with E-state index in [1.54, 1.807) is 31.2 Å². The van der Waals surface area contributed by atoms with Crippen LogP contribution in [0.1, 0.15) is 19.4 Å². The summed E-state index contributed by atoms with van der Waals surface area (Å²) in [6, 6.07) is 14.0. The monoisotopic (exact) mass is 420 g/mol. The minimum Gasteiger partial charge on any atom is -0.491 e. The summed E-state index contributed by atoms with van der Waals surface area (Å²) in [5, 5.41) is 2.86. The number of aryl methyl sites for hydroxylation is 1. The number of carbonyl (C=O) groups excluding carboxylic acids is 1. The molecule has 1 N–H and O–H groups in total. The zero-order valence-electron chi connectivity index (χ0n) is 17.4. The quantitative estimate of drug-likeness (QED) is 0.674. The van der Waals surface area contributed by atoms with Crippen molar-refractivity contribution in [1.82, 2.24) is 5.32 Å². The Labute approximate surface area is 172 Å². The second kappa shape index (κ2) is 9.65. The second-order valence-corrected chi connectivity index (χ2v) is 8.98. The maximum atomic E-state index is 12.4. The van der Waals surface area contributed by atoms with Gasteiger partial charge in [0.25, 0.3) is 5.91 Å². The van der Waals surface area contributed by atoms with Crippen LogP contribution in [0.25, 0.3) is 0 Å². The summed E-state index contributed by atoms with van der Waals surface area (Å²) in [6.45, 7) is 5.82. The Bertz CT molecular complexity index is 928. The first-order chi connectivity index (χ1) is 13.6. The van der Waals surface area contributed by atoms with E-state index in [2.05, 4.69) is 5.32 Å². The van der Waals surface area contributed by atoms with E-state index in [1.807, 2.05) is 38.1 Å². The zero-order valence-corrected chi connectivity index (χ0v) is 18.2. The Hall–Kier alpha value is -2.74. The summed E-state index contributed by atoms with van der Waals surface area (Å²) in [5.74, 6) is 1.00. The zero-order chi connectivity index (χ0) is 21.6. The average molecular weight is 421 g/mol. The molecule has 2 aromatic rings. The van der Waals surface area contributed by atoms with Crippen molar-refractivity contribution < 1.29 is 22.7 Å². The fourth-order valence-corrected chi connectivity index (χ4v) is 3.02. The summed E-state index contributed by atoms with van der Waals surface area (Å²) in [4.78, 5) is 12.4. The lowest BCUT2D eigenvalue weighted by molar-refractivity contribution is -0.128. The van der Waals surface area contributed by atoms with E-state index in [0.29, 0.717) is 18.0 Å². The molecule has 29 heavy (non-hydrogen) atoms. The molecule has 2 atom stereocenters. The first-order valence-corrected chi connectivity index (χ1v) is 11.1. The molecule has 158 valence electrons. The fraction of sp³-hybridized carbons (Fsp3) is 0.381. The van der Waals surface area contributed by atoms with Gasteiger partial charge in [0.2, 0.25) is 10.0 Å². The minimum atomic E-state index is -3.33. The summed E-state index contributed by atoms with van der Waals surface area (Å²) >= 11 is 0. The van der Waals surface area contributed by atoms with Crippen LogP contribution in [-0.2, 0) is 14.8 Å². The van der Waals surface area contributed by atoms with Gasteiger partial charge in [-0.3, -0.25) is 9.10 Å². The van der Waals surface area contributed by atoms with E-state index in [4.69, 9.17) is 9.47 Å². The number of benzene rings is 2. The molecule has 0 saturated carbocycles. The van der Waals surface area contributed by atoms with Crippen LogP contribution in [0.3, 0.4) is 0 Å². The number of sulfonamides is 1. The Morgan fingerprint density at radius 2 is 1.72 bits per heavy atom. The standard InChI is InChI=1S/C21H28N2O5S/c1-15-8-6-7-9-20(15)27-14-16(2)22-21(24)17(3)28-19-12-10-18(11-13-19)23(4)29(5,25)26/h6-13,16-17H,14H2,1-5H3,(H,22,24)/t16-,17-/m0/s1. The molecule has 0 saturated heterocycles. The van der Waals surface area contributed by atoms with Crippen molar-refractivity contribution >= 4 is 21.6 Å². The molecule has 0 fully saturated rings. The van der Waals surface area contributed by atoms with Crippen LogP contribution in [0.15, 0.2) is 48.5 Å². The molecule has 0 spiro atoms. The Balaban J connectivity index is 1.86. The molecular formula is C21H28N2O5S. The van der Waals surface area contributed by atoms with Crippen molar-refractivity contribution in [3.63, 3.8) is 0 Å². The van der Waals surface area contributed by atoms with Crippen molar-refractivity contribution in [1.29, 1.82) is 0 Å². The van der Waals surface area contributed by atoms with E-state index in [1.165, 1.54) is 11.4 Å². The van der Waals surface area contributed by atoms with Crippen molar-refractivity contribution in [2.24, 2.45) is 0 Å². The maximum absolute atomic E-state index is 12.4. The fourth-order valence-electron chi connectivity index (χ4n) is 2.52. The number of nitrogens with zero attached hydrogens (tertiary/aromatic N) is 1. The van der Waals surface area contributed by atoms with Crippen molar-refractivity contribution in [2.45, 2.75) is 32.9 Å². The molecule has 8 heteroatoms. The number of hydrogen-bond donors (Lipinski definition) is 1. The molecule has 0 aromatic heterocycles. The molecule has 1 amide bonds. The van der Waals surface area contributed by atoms with Crippen LogP contribution < -0.4 is 19.1 Å². The highest BCUT2D eigenvalue weighted by Gasteiger charge is 2.18. The van der Waals surface area contributed by atoms with E-state index >= 15 is 0 Å². The lowest BCUT2D eigenvalue weighted by Gasteiger charge is -2.20. The van der Waals surface area contributed by atoms with E-state index in [9.17, 15) is 13.2 Å².